The van der Waals surface area contributed by atoms with Gasteiger partial charge in [-0.15, -0.1) is 0 Å². The molecule has 0 saturated heterocycles. The maximum absolute atomic E-state index is 12.7. The number of hydrogen-bond acceptors (Lipinski definition) is 5. The summed E-state index contributed by atoms with van der Waals surface area (Å²) in [5.74, 6) is -0.234. The minimum atomic E-state index is -0.785. The Morgan fingerprint density at radius 2 is 1.67 bits per heavy atom. The topological polar surface area (TPSA) is 87.2 Å². The van der Waals surface area contributed by atoms with Gasteiger partial charge in [-0.25, -0.2) is 9.97 Å². The lowest BCUT2D eigenvalue weighted by Gasteiger charge is -2.17. The lowest BCUT2D eigenvalue weighted by Crippen LogP contribution is -2.45. The van der Waals surface area contributed by atoms with E-state index in [1.54, 1.807) is 36.7 Å². The van der Waals surface area contributed by atoms with Crippen molar-refractivity contribution >= 4 is 52.7 Å². The Kier molecular flexibility index (Phi) is 8.40. The molecule has 2 aromatic carbocycles. The van der Waals surface area contributed by atoms with Crippen LogP contribution in [0.15, 0.2) is 67.0 Å². The van der Waals surface area contributed by atoms with Crippen molar-refractivity contribution in [3.05, 3.63) is 88.2 Å². The van der Waals surface area contributed by atoms with E-state index in [4.69, 9.17) is 23.2 Å². The molecule has 0 spiro atoms. The number of nitrogens with one attached hydrogen (secondary N) is 2. The van der Waals surface area contributed by atoms with Gasteiger partial charge in [-0.2, -0.15) is 0 Å². The van der Waals surface area contributed by atoms with E-state index in [9.17, 15) is 9.59 Å². The van der Waals surface area contributed by atoms with Gasteiger partial charge in [0.25, 0.3) is 5.91 Å². The average molecular weight is 484 g/mol. The number of benzene rings is 2. The summed E-state index contributed by atoms with van der Waals surface area (Å²) in [4.78, 5) is 35.3. The molecule has 2 amide bonds. The van der Waals surface area contributed by atoms with Gasteiger partial charge in [0.2, 0.25) is 11.9 Å². The van der Waals surface area contributed by atoms with Crippen molar-refractivity contribution in [3.8, 4) is 0 Å². The van der Waals surface area contributed by atoms with Crippen molar-refractivity contribution in [2.45, 2.75) is 12.5 Å². The fourth-order valence-electron chi connectivity index (χ4n) is 3.08. The van der Waals surface area contributed by atoms with Gasteiger partial charge in [0.05, 0.1) is 15.6 Å². The van der Waals surface area contributed by atoms with Gasteiger partial charge in [0.15, 0.2) is 0 Å². The van der Waals surface area contributed by atoms with Crippen molar-refractivity contribution in [2.75, 3.05) is 19.0 Å². The van der Waals surface area contributed by atoms with E-state index < -0.39 is 11.9 Å². The zero-order valence-electron chi connectivity index (χ0n) is 18.1. The molecule has 0 aliphatic rings. The van der Waals surface area contributed by atoms with Crippen molar-refractivity contribution < 1.29 is 9.59 Å². The first-order valence-corrected chi connectivity index (χ1v) is 10.9. The molecule has 1 heterocycles. The Labute approximate surface area is 202 Å². The van der Waals surface area contributed by atoms with E-state index in [1.807, 2.05) is 48.4 Å². The van der Waals surface area contributed by atoms with E-state index in [-0.39, 0.29) is 27.9 Å². The number of aromatic nitrogens is 2. The van der Waals surface area contributed by atoms with Crippen molar-refractivity contribution in [1.29, 1.82) is 0 Å². The van der Waals surface area contributed by atoms with E-state index in [1.165, 1.54) is 7.05 Å². The van der Waals surface area contributed by atoms with Gasteiger partial charge in [-0.3, -0.25) is 9.59 Å². The second-order valence-corrected chi connectivity index (χ2v) is 7.89. The van der Waals surface area contributed by atoms with E-state index >= 15 is 0 Å². The molecular weight excluding hydrogens is 461 g/mol. The monoisotopic (exact) mass is 483 g/mol. The Hall–Kier alpha value is -3.42. The standard InChI is InChI=1S/C24H23Cl2N5O2/c1-27-22(32)20(30-23(33)21-18(25)7-4-8-19(21)26)9-3-6-16-10-12-17(13-11-16)31(2)24-28-14-5-15-29-24/h3-8,10-15,20H,9H2,1-2H3,(H,27,32)(H,30,33)/b6-3+/t20-/m0/s1. The van der Waals surface area contributed by atoms with Gasteiger partial charge >= 0.3 is 0 Å². The summed E-state index contributed by atoms with van der Waals surface area (Å²) in [7, 11) is 3.40. The summed E-state index contributed by atoms with van der Waals surface area (Å²) in [6, 6.07) is 13.6. The molecular formula is C24H23Cl2N5O2. The van der Waals surface area contributed by atoms with Crippen LogP contribution < -0.4 is 15.5 Å². The van der Waals surface area contributed by atoms with Gasteiger partial charge in [0, 0.05) is 32.2 Å². The Balaban J connectivity index is 1.66. The lowest BCUT2D eigenvalue weighted by atomic mass is 10.1. The van der Waals surface area contributed by atoms with E-state index in [0.717, 1.165) is 11.3 Å². The predicted octanol–water partition coefficient (Wildman–Crippen LogP) is 4.50. The molecule has 0 unspecified atom stereocenters. The number of halogens is 2. The molecule has 0 aliphatic heterocycles. The van der Waals surface area contributed by atoms with Crippen LogP contribution in [0.3, 0.4) is 0 Å². The number of carbonyl (C=O) groups excluding carboxylic acids is 2. The van der Waals surface area contributed by atoms with Crippen LogP contribution in [0.2, 0.25) is 10.0 Å². The molecule has 170 valence electrons. The molecule has 33 heavy (non-hydrogen) atoms. The molecule has 0 radical (unpaired) electrons. The number of anilines is 2. The molecule has 3 aromatic rings. The van der Waals surface area contributed by atoms with Crippen LogP contribution in [0.1, 0.15) is 22.3 Å². The first kappa shape index (κ1) is 24.2. The fraction of sp³-hybridized carbons (Fsp3) is 0.167. The van der Waals surface area contributed by atoms with Crippen LogP contribution in [-0.2, 0) is 4.79 Å². The second-order valence-electron chi connectivity index (χ2n) is 7.07. The Morgan fingerprint density at radius 3 is 2.27 bits per heavy atom. The van der Waals surface area contributed by atoms with Crippen LogP contribution in [0.25, 0.3) is 6.08 Å². The Morgan fingerprint density at radius 1 is 1.03 bits per heavy atom. The fourth-order valence-corrected chi connectivity index (χ4v) is 3.65. The molecule has 7 nitrogen and oxygen atoms in total. The molecule has 9 heteroatoms. The summed E-state index contributed by atoms with van der Waals surface area (Å²) >= 11 is 12.2. The quantitative estimate of drug-likeness (QED) is 0.492. The van der Waals surface area contributed by atoms with Crippen LogP contribution >= 0.6 is 23.2 Å². The number of likely N-dealkylation sites (N-methyl/N-ethyl adjacent to an activating group) is 1. The van der Waals surface area contributed by atoms with Crippen molar-refractivity contribution in [2.24, 2.45) is 0 Å². The van der Waals surface area contributed by atoms with Crippen LogP contribution in [-0.4, -0.2) is 41.9 Å². The third kappa shape index (κ3) is 6.31. The van der Waals surface area contributed by atoms with Crippen LogP contribution in [0, 0.1) is 0 Å². The molecule has 0 fully saturated rings. The second kappa shape index (κ2) is 11.4. The minimum Gasteiger partial charge on any atom is -0.357 e. The van der Waals surface area contributed by atoms with E-state index in [2.05, 4.69) is 20.6 Å². The smallest absolute Gasteiger partial charge is 0.254 e. The number of hydrogen-bond donors (Lipinski definition) is 2. The Bertz CT molecular complexity index is 1120. The number of amides is 2. The zero-order chi connectivity index (χ0) is 23.8. The molecule has 0 bridgehead atoms. The van der Waals surface area contributed by atoms with Crippen LogP contribution in [0.5, 0.6) is 0 Å². The van der Waals surface area contributed by atoms with Gasteiger partial charge in [-0.05, 0) is 42.3 Å². The highest BCUT2D eigenvalue weighted by molar-refractivity contribution is 6.39. The molecule has 1 aromatic heterocycles. The number of carbonyl (C=O) groups is 2. The molecule has 0 aliphatic carbocycles. The van der Waals surface area contributed by atoms with Crippen molar-refractivity contribution in [3.63, 3.8) is 0 Å². The predicted molar refractivity (Wildman–Crippen MR) is 132 cm³/mol. The van der Waals surface area contributed by atoms with Gasteiger partial charge < -0.3 is 15.5 Å². The summed E-state index contributed by atoms with van der Waals surface area (Å²) in [6.07, 6.45) is 7.38. The SMILES string of the molecule is CNC(=O)[C@H](C/C=C/c1ccc(N(C)c2ncccn2)cc1)NC(=O)c1c(Cl)cccc1Cl. The highest BCUT2D eigenvalue weighted by atomic mass is 35.5. The summed E-state index contributed by atoms with van der Waals surface area (Å²) in [5, 5.41) is 5.71. The van der Waals surface area contributed by atoms with Gasteiger partial charge in [0.1, 0.15) is 6.04 Å². The molecule has 2 N–H and O–H groups in total. The van der Waals surface area contributed by atoms with Crippen LogP contribution in [0.4, 0.5) is 11.6 Å². The minimum absolute atomic E-state index is 0.140. The normalized spacial score (nSPS) is 11.8. The maximum atomic E-state index is 12.7. The number of rotatable bonds is 8. The summed E-state index contributed by atoms with van der Waals surface area (Å²) in [6.45, 7) is 0. The number of nitrogens with zero attached hydrogens (tertiary/aromatic N) is 3. The van der Waals surface area contributed by atoms with E-state index in [0.29, 0.717) is 5.95 Å². The zero-order valence-corrected chi connectivity index (χ0v) is 19.6. The highest BCUT2D eigenvalue weighted by Crippen LogP contribution is 2.24. The molecule has 0 saturated carbocycles. The largest absolute Gasteiger partial charge is 0.357 e. The molecule has 3 rings (SSSR count). The lowest BCUT2D eigenvalue weighted by molar-refractivity contribution is -0.122. The maximum Gasteiger partial charge on any atom is 0.254 e. The molecule has 1 atom stereocenters. The first-order valence-electron chi connectivity index (χ1n) is 10.1. The highest BCUT2D eigenvalue weighted by Gasteiger charge is 2.22. The average Bonchev–Trinajstić information content (AvgIpc) is 2.83. The van der Waals surface area contributed by atoms with Crippen molar-refractivity contribution in [1.82, 2.24) is 20.6 Å². The summed E-state index contributed by atoms with van der Waals surface area (Å²) < 4.78 is 0. The summed E-state index contributed by atoms with van der Waals surface area (Å²) in [5.41, 5.74) is 2.02. The van der Waals surface area contributed by atoms with Gasteiger partial charge in [-0.1, -0.05) is 53.6 Å². The third-order valence-corrected chi connectivity index (χ3v) is 5.50. The third-order valence-electron chi connectivity index (χ3n) is 4.87. The first-order chi connectivity index (χ1) is 15.9.